The van der Waals surface area contributed by atoms with Crippen molar-refractivity contribution in [3.05, 3.63) is 105 Å². The van der Waals surface area contributed by atoms with E-state index in [0.717, 1.165) is 28.0 Å². The minimum absolute atomic E-state index is 0.00776. The molecule has 0 radical (unpaired) electrons. The predicted molar refractivity (Wildman–Crippen MR) is 116 cm³/mol. The third kappa shape index (κ3) is 5.62. The quantitative estimate of drug-likeness (QED) is 0.533. The van der Waals surface area contributed by atoms with Gasteiger partial charge in [-0.2, -0.15) is 0 Å². The van der Waals surface area contributed by atoms with Gasteiger partial charge in [0.15, 0.2) is 0 Å². The molecule has 2 aromatic carbocycles. The van der Waals surface area contributed by atoms with Crippen molar-refractivity contribution in [2.75, 3.05) is 6.61 Å². The molecule has 1 N–H and O–H groups in total. The summed E-state index contributed by atoms with van der Waals surface area (Å²) in [6, 6.07) is 19.7. The summed E-state index contributed by atoms with van der Waals surface area (Å²) < 4.78 is 47.0. The largest absolute Gasteiger partial charge is 0.374 e. The van der Waals surface area contributed by atoms with E-state index < -0.39 is 42.0 Å². The standard InChI is InChI=1S/C24H24F2N2O5/c25-22(26)20-21(32-14-17-9-5-2-6-10-17)18(15-31-13-16-7-3-1-4-8-16)33-23(20)28-12-11-19(29)27-24(28)30/h1-12,18,20-23H,13-15H2,(H,27,29,30)/t18-,20-,21-,23+/m1/s1. The van der Waals surface area contributed by atoms with Gasteiger partial charge in [-0.05, 0) is 11.1 Å². The Kier molecular flexibility index (Phi) is 7.43. The van der Waals surface area contributed by atoms with Crippen LogP contribution in [-0.2, 0) is 27.4 Å². The van der Waals surface area contributed by atoms with Crippen molar-refractivity contribution in [1.29, 1.82) is 0 Å². The Morgan fingerprint density at radius 1 is 0.939 bits per heavy atom. The molecule has 7 nitrogen and oxygen atoms in total. The highest BCUT2D eigenvalue weighted by atomic mass is 19.3. The van der Waals surface area contributed by atoms with Crippen molar-refractivity contribution in [1.82, 2.24) is 9.55 Å². The number of alkyl halides is 2. The Balaban J connectivity index is 1.56. The summed E-state index contributed by atoms with van der Waals surface area (Å²) in [6.07, 6.45) is -4.89. The van der Waals surface area contributed by atoms with E-state index in [0.29, 0.717) is 0 Å². The van der Waals surface area contributed by atoms with Crippen LogP contribution < -0.4 is 11.2 Å². The number of halogens is 2. The molecule has 3 aromatic rings. The lowest BCUT2D eigenvalue weighted by atomic mass is 9.99. The van der Waals surface area contributed by atoms with E-state index in [1.807, 2.05) is 60.7 Å². The fraction of sp³-hybridized carbons (Fsp3) is 0.333. The number of aromatic amines is 1. The third-order valence-electron chi connectivity index (χ3n) is 5.48. The Hall–Kier alpha value is -3.14. The normalized spacial score (nSPS) is 22.6. The number of benzene rings is 2. The van der Waals surface area contributed by atoms with Crippen molar-refractivity contribution in [3.63, 3.8) is 0 Å². The molecule has 4 atom stereocenters. The van der Waals surface area contributed by atoms with Crippen LogP contribution >= 0.6 is 0 Å². The number of H-pyrrole nitrogens is 1. The zero-order chi connectivity index (χ0) is 23.2. The van der Waals surface area contributed by atoms with Gasteiger partial charge in [0.1, 0.15) is 12.3 Å². The molecule has 0 spiro atoms. The van der Waals surface area contributed by atoms with Gasteiger partial charge >= 0.3 is 5.69 Å². The molecule has 2 heterocycles. The van der Waals surface area contributed by atoms with Crippen LogP contribution in [-0.4, -0.2) is 34.8 Å². The summed E-state index contributed by atoms with van der Waals surface area (Å²) in [7, 11) is 0. The Labute approximate surface area is 188 Å². The van der Waals surface area contributed by atoms with Gasteiger partial charge in [0.25, 0.3) is 5.56 Å². The first-order valence-electron chi connectivity index (χ1n) is 10.5. The van der Waals surface area contributed by atoms with Crippen LogP contribution in [0.2, 0.25) is 0 Å². The maximum absolute atomic E-state index is 14.2. The number of aromatic nitrogens is 2. The van der Waals surface area contributed by atoms with E-state index >= 15 is 0 Å². The van der Waals surface area contributed by atoms with Gasteiger partial charge in [-0.3, -0.25) is 14.3 Å². The lowest BCUT2D eigenvalue weighted by Crippen LogP contribution is -2.39. The molecule has 0 saturated carbocycles. The van der Waals surface area contributed by atoms with E-state index in [2.05, 4.69) is 4.98 Å². The first-order valence-corrected chi connectivity index (χ1v) is 10.5. The minimum Gasteiger partial charge on any atom is -0.374 e. The molecular formula is C24H24F2N2O5. The van der Waals surface area contributed by atoms with Crippen LogP contribution in [0.4, 0.5) is 8.78 Å². The van der Waals surface area contributed by atoms with E-state index in [9.17, 15) is 18.4 Å². The zero-order valence-corrected chi connectivity index (χ0v) is 17.7. The van der Waals surface area contributed by atoms with Crippen molar-refractivity contribution in [3.8, 4) is 0 Å². The van der Waals surface area contributed by atoms with Crippen LogP contribution in [0.1, 0.15) is 17.4 Å². The van der Waals surface area contributed by atoms with Gasteiger partial charge in [0, 0.05) is 12.3 Å². The summed E-state index contributed by atoms with van der Waals surface area (Å²) in [5.41, 5.74) is 0.295. The highest BCUT2D eigenvalue weighted by Crippen LogP contribution is 2.40. The zero-order valence-electron chi connectivity index (χ0n) is 17.7. The van der Waals surface area contributed by atoms with Gasteiger partial charge in [-0.25, -0.2) is 13.6 Å². The van der Waals surface area contributed by atoms with Gasteiger partial charge < -0.3 is 14.2 Å². The molecule has 0 bridgehead atoms. The number of ether oxygens (including phenoxy) is 3. The van der Waals surface area contributed by atoms with Crippen molar-refractivity contribution in [2.24, 2.45) is 5.92 Å². The second-order valence-corrected chi connectivity index (χ2v) is 7.76. The molecule has 174 valence electrons. The number of nitrogens with zero attached hydrogens (tertiary/aromatic N) is 1. The van der Waals surface area contributed by atoms with Crippen LogP contribution in [0.5, 0.6) is 0 Å². The molecule has 1 saturated heterocycles. The van der Waals surface area contributed by atoms with Gasteiger partial charge in [0.2, 0.25) is 6.43 Å². The number of rotatable bonds is 9. The molecule has 33 heavy (non-hydrogen) atoms. The van der Waals surface area contributed by atoms with Gasteiger partial charge in [-0.15, -0.1) is 0 Å². The second kappa shape index (κ2) is 10.7. The molecule has 1 aliphatic rings. The second-order valence-electron chi connectivity index (χ2n) is 7.76. The first kappa shape index (κ1) is 23.0. The Morgan fingerprint density at radius 2 is 1.58 bits per heavy atom. The number of hydrogen-bond acceptors (Lipinski definition) is 5. The minimum atomic E-state index is -2.84. The number of hydrogen-bond donors (Lipinski definition) is 1. The van der Waals surface area contributed by atoms with Crippen molar-refractivity contribution >= 4 is 0 Å². The molecule has 0 amide bonds. The summed E-state index contributed by atoms with van der Waals surface area (Å²) in [4.78, 5) is 25.8. The fourth-order valence-electron chi connectivity index (χ4n) is 3.89. The lowest BCUT2D eigenvalue weighted by molar-refractivity contribution is -0.0834. The Morgan fingerprint density at radius 3 is 2.18 bits per heavy atom. The predicted octanol–water partition coefficient (Wildman–Crippen LogP) is 3.12. The third-order valence-corrected chi connectivity index (χ3v) is 5.48. The molecular weight excluding hydrogens is 434 g/mol. The smallest absolute Gasteiger partial charge is 0.330 e. The Bertz CT molecular complexity index is 1140. The fourth-order valence-corrected chi connectivity index (χ4v) is 3.89. The van der Waals surface area contributed by atoms with Crippen molar-refractivity contribution in [2.45, 2.75) is 38.1 Å². The summed E-state index contributed by atoms with van der Waals surface area (Å²) in [5.74, 6) is -1.44. The topological polar surface area (TPSA) is 82.5 Å². The highest BCUT2D eigenvalue weighted by Gasteiger charge is 2.51. The van der Waals surface area contributed by atoms with Gasteiger partial charge in [-0.1, -0.05) is 60.7 Å². The molecule has 0 unspecified atom stereocenters. The molecule has 1 aromatic heterocycles. The maximum Gasteiger partial charge on any atom is 0.330 e. The van der Waals surface area contributed by atoms with Crippen molar-refractivity contribution < 1.29 is 23.0 Å². The molecule has 1 aliphatic heterocycles. The molecule has 4 rings (SSSR count). The average molecular weight is 458 g/mol. The van der Waals surface area contributed by atoms with Crippen LogP contribution in [0, 0.1) is 5.92 Å². The lowest BCUT2D eigenvalue weighted by Gasteiger charge is -2.24. The van der Waals surface area contributed by atoms with E-state index in [4.69, 9.17) is 14.2 Å². The summed E-state index contributed by atoms with van der Waals surface area (Å²) >= 11 is 0. The van der Waals surface area contributed by atoms with Gasteiger partial charge in [0.05, 0.1) is 31.8 Å². The summed E-state index contributed by atoms with van der Waals surface area (Å²) in [5, 5.41) is 0. The highest BCUT2D eigenvalue weighted by molar-refractivity contribution is 5.14. The monoisotopic (exact) mass is 458 g/mol. The van der Waals surface area contributed by atoms with E-state index in [1.165, 1.54) is 0 Å². The molecule has 9 heteroatoms. The maximum atomic E-state index is 14.2. The molecule has 1 fully saturated rings. The van der Waals surface area contributed by atoms with Crippen LogP contribution in [0.25, 0.3) is 0 Å². The number of nitrogens with one attached hydrogen (secondary N) is 1. The average Bonchev–Trinajstić information content (AvgIpc) is 3.17. The van der Waals surface area contributed by atoms with E-state index in [1.54, 1.807) is 0 Å². The van der Waals surface area contributed by atoms with Crippen LogP contribution in [0.3, 0.4) is 0 Å². The molecule has 0 aliphatic carbocycles. The SMILES string of the molecule is O=c1ccn([C@H]2O[C@H](COCc3ccccc3)[C@@H](OCc3ccccc3)[C@@H]2C(F)F)c(=O)[nH]1. The summed E-state index contributed by atoms with van der Waals surface area (Å²) in [6.45, 7) is 0.363. The van der Waals surface area contributed by atoms with E-state index in [-0.39, 0.29) is 19.8 Å². The van der Waals surface area contributed by atoms with Crippen LogP contribution in [0.15, 0.2) is 82.5 Å². The first-order chi connectivity index (χ1) is 16.0.